The van der Waals surface area contributed by atoms with E-state index in [1.165, 1.54) is 0 Å². The predicted octanol–water partition coefficient (Wildman–Crippen LogP) is 3.54. The van der Waals surface area contributed by atoms with Crippen molar-refractivity contribution >= 4 is 26.5 Å². The van der Waals surface area contributed by atoms with E-state index < -0.39 is 0 Å². The molecule has 0 atom stereocenters. The van der Waals surface area contributed by atoms with Crippen molar-refractivity contribution in [2.24, 2.45) is 0 Å². The summed E-state index contributed by atoms with van der Waals surface area (Å²) < 4.78 is 0. The molecule has 0 nitrogen and oxygen atoms in total. The quantitative estimate of drug-likeness (QED) is 0.452. The van der Waals surface area contributed by atoms with E-state index in [4.69, 9.17) is 0 Å². The Hall–Kier alpha value is 0.274. The molecule has 0 aliphatic heterocycles. The second kappa shape index (κ2) is 9.24. The zero-order valence-electron chi connectivity index (χ0n) is 11.0. The van der Waals surface area contributed by atoms with Crippen LogP contribution in [0.1, 0.15) is 0 Å². The number of hydrogen-bond acceptors (Lipinski definition) is 0. The van der Waals surface area contributed by atoms with Crippen LogP contribution in [-0.4, -0.2) is 26.7 Å². The van der Waals surface area contributed by atoms with Crippen molar-refractivity contribution in [2.45, 2.75) is 0 Å². The van der Waals surface area contributed by atoms with E-state index >= 15 is 0 Å². The minimum absolute atomic E-state index is 0. The molecule has 17 heavy (non-hydrogen) atoms. The van der Waals surface area contributed by atoms with E-state index in [1.54, 1.807) is 10.6 Å². The standard InChI is InChI=1S/C9H15P2.C5H5.Ti/c1-10(2)8-6-5-7-9(8)11(3)4;1-2-4-5-3-1;/h5-7H,1-4H3;1-5H;/q-1;-5;. The summed E-state index contributed by atoms with van der Waals surface area (Å²) in [5.41, 5.74) is 0. The molecule has 2 aromatic carbocycles. The van der Waals surface area contributed by atoms with Gasteiger partial charge in [-0.3, -0.25) is 0 Å². The van der Waals surface area contributed by atoms with Crippen LogP contribution in [0.2, 0.25) is 0 Å². The maximum atomic E-state index is 2.33. The molecule has 0 aromatic heterocycles. The van der Waals surface area contributed by atoms with Crippen LogP contribution in [-0.2, 0) is 21.7 Å². The van der Waals surface area contributed by atoms with E-state index in [9.17, 15) is 0 Å². The largest absolute Gasteiger partial charge is 0.748 e. The first-order chi connectivity index (χ1) is 7.63. The Kier molecular flexibility index (Phi) is 9.39. The Balaban J connectivity index is 0.000000360. The summed E-state index contributed by atoms with van der Waals surface area (Å²) in [7, 11) is 0.209. The average Bonchev–Trinajstić information content (AvgIpc) is 2.92. The van der Waals surface area contributed by atoms with E-state index in [-0.39, 0.29) is 37.6 Å². The fraction of sp³-hybridized carbons (Fsp3) is 0.286. The van der Waals surface area contributed by atoms with Crippen molar-refractivity contribution in [3.8, 4) is 0 Å². The fourth-order valence-corrected chi connectivity index (χ4v) is 4.51. The molecule has 0 radical (unpaired) electrons. The van der Waals surface area contributed by atoms with Gasteiger partial charge in [0.2, 0.25) is 0 Å². The van der Waals surface area contributed by atoms with E-state index in [0.29, 0.717) is 0 Å². The topological polar surface area (TPSA) is 0 Å². The summed E-state index contributed by atoms with van der Waals surface area (Å²) in [4.78, 5) is 0. The van der Waals surface area contributed by atoms with Crippen molar-refractivity contribution in [3.63, 3.8) is 0 Å². The molecule has 0 unspecified atom stereocenters. The molecular weight excluding hydrogens is 278 g/mol. The first-order valence-corrected chi connectivity index (χ1v) is 9.87. The summed E-state index contributed by atoms with van der Waals surface area (Å²) in [6, 6.07) is 16.8. The minimum atomic E-state index is 0. The summed E-state index contributed by atoms with van der Waals surface area (Å²) >= 11 is 0. The molecule has 96 valence electrons. The molecule has 2 aromatic rings. The van der Waals surface area contributed by atoms with Gasteiger partial charge in [-0.15, -0.1) is 26.5 Å². The van der Waals surface area contributed by atoms with Gasteiger partial charge < -0.3 is 30.3 Å². The Morgan fingerprint density at radius 2 is 1.41 bits per heavy atom. The maximum Gasteiger partial charge on any atom is 0 e. The van der Waals surface area contributed by atoms with Gasteiger partial charge in [-0.05, 0) is 13.3 Å². The smallest absolute Gasteiger partial charge is 0 e. The van der Waals surface area contributed by atoms with E-state index in [2.05, 4.69) is 44.9 Å². The van der Waals surface area contributed by atoms with Crippen LogP contribution >= 0.6 is 15.8 Å². The summed E-state index contributed by atoms with van der Waals surface area (Å²) in [6.07, 6.45) is 0. The van der Waals surface area contributed by atoms with Gasteiger partial charge in [0.15, 0.2) is 0 Å². The third-order valence-electron chi connectivity index (χ3n) is 2.29. The first kappa shape index (κ1) is 17.3. The average molecular weight is 298 g/mol. The van der Waals surface area contributed by atoms with Crippen LogP contribution in [0.15, 0.2) is 48.5 Å². The third kappa shape index (κ3) is 6.12. The molecule has 0 amide bonds. The molecular formula is C14H20P2Ti-6. The first-order valence-electron chi connectivity index (χ1n) is 5.40. The van der Waals surface area contributed by atoms with Crippen molar-refractivity contribution in [1.82, 2.24) is 0 Å². The van der Waals surface area contributed by atoms with Crippen molar-refractivity contribution in [3.05, 3.63) is 48.5 Å². The van der Waals surface area contributed by atoms with Crippen LogP contribution < -0.4 is 10.6 Å². The Bertz CT molecular complexity index is 335. The SMILES string of the molecule is CP(C)c1ccc[c-]1P(C)C.[Ti].[cH-]1[cH-][cH-][cH-][cH-]1. The molecule has 3 heteroatoms. The molecule has 0 fully saturated rings. The second-order valence-corrected chi connectivity index (χ2v) is 8.59. The summed E-state index contributed by atoms with van der Waals surface area (Å²) in [6.45, 7) is 9.31. The molecule has 0 bridgehead atoms. The summed E-state index contributed by atoms with van der Waals surface area (Å²) in [5, 5.41) is 3.22. The van der Waals surface area contributed by atoms with Gasteiger partial charge in [0.1, 0.15) is 0 Å². The van der Waals surface area contributed by atoms with Gasteiger partial charge in [-0.1, -0.05) is 13.3 Å². The van der Waals surface area contributed by atoms with Gasteiger partial charge in [-0.25, -0.2) is 12.1 Å². The molecule has 0 N–H and O–H groups in total. The van der Waals surface area contributed by atoms with Gasteiger partial charge >= 0.3 is 0 Å². The van der Waals surface area contributed by atoms with Gasteiger partial charge in [0.05, 0.1) is 0 Å². The molecule has 0 spiro atoms. The van der Waals surface area contributed by atoms with Crippen molar-refractivity contribution in [1.29, 1.82) is 0 Å². The van der Waals surface area contributed by atoms with Crippen LogP contribution in [0.4, 0.5) is 0 Å². The molecule has 0 aliphatic carbocycles. The predicted molar refractivity (Wildman–Crippen MR) is 80.9 cm³/mol. The fourth-order valence-electron chi connectivity index (χ4n) is 1.48. The van der Waals surface area contributed by atoms with E-state index in [0.717, 1.165) is 0 Å². The van der Waals surface area contributed by atoms with Crippen molar-refractivity contribution in [2.75, 3.05) is 26.7 Å². The third-order valence-corrected chi connectivity index (χ3v) is 5.17. The van der Waals surface area contributed by atoms with Crippen LogP contribution in [0.5, 0.6) is 0 Å². The molecule has 0 saturated carbocycles. The van der Waals surface area contributed by atoms with Gasteiger partial charge in [0.25, 0.3) is 0 Å². The van der Waals surface area contributed by atoms with Gasteiger partial charge in [-0.2, -0.15) is 6.07 Å². The summed E-state index contributed by atoms with van der Waals surface area (Å²) in [5.74, 6) is 0. The van der Waals surface area contributed by atoms with E-state index in [1.807, 2.05) is 30.3 Å². The molecule has 2 rings (SSSR count). The van der Waals surface area contributed by atoms with Crippen molar-refractivity contribution < 1.29 is 21.7 Å². The second-order valence-electron chi connectivity index (χ2n) is 4.05. The molecule has 0 heterocycles. The van der Waals surface area contributed by atoms with Crippen LogP contribution in [0, 0.1) is 0 Å². The van der Waals surface area contributed by atoms with Gasteiger partial charge in [0, 0.05) is 21.7 Å². The maximum absolute atomic E-state index is 2.33. The Labute approximate surface area is 123 Å². The molecule has 0 aliphatic rings. The monoisotopic (exact) mass is 298 g/mol. The number of rotatable bonds is 2. The zero-order valence-corrected chi connectivity index (χ0v) is 14.4. The molecule has 0 saturated heterocycles. The Morgan fingerprint density at radius 3 is 1.71 bits per heavy atom. The minimum Gasteiger partial charge on any atom is -0.748 e. The number of hydrogen-bond donors (Lipinski definition) is 0. The van der Waals surface area contributed by atoms with Crippen LogP contribution in [0.25, 0.3) is 0 Å². The normalized spacial score (nSPS) is 9.76. The Morgan fingerprint density at radius 1 is 0.941 bits per heavy atom. The zero-order chi connectivity index (χ0) is 12.0. The van der Waals surface area contributed by atoms with Crippen LogP contribution in [0.3, 0.4) is 0 Å².